The Morgan fingerprint density at radius 1 is 1.18 bits per heavy atom. The fourth-order valence-corrected chi connectivity index (χ4v) is 2.43. The quantitative estimate of drug-likeness (QED) is 0.803. The van der Waals surface area contributed by atoms with E-state index in [-0.39, 0.29) is 22.2 Å². The smallest absolute Gasteiger partial charge is 0.185 e. The molecule has 112 valence electrons. The van der Waals surface area contributed by atoms with E-state index in [2.05, 4.69) is 10.1 Å². The van der Waals surface area contributed by atoms with Gasteiger partial charge in [-0.3, -0.25) is 4.68 Å². The molecule has 0 aliphatic heterocycles. The molecule has 0 unspecified atom stereocenters. The van der Waals surface area contributed by atoms with E-state index < -0.39 is 5.82 Å². The molecule has 0 saturated heterocycles. The number of aromatic nitrogens is 3. The van der Waals surface area contributed by atoms with Crippen molar-refractivity contribution in [1.82, 2.24) is 14.8 Å². The van der Waals surface area contributed by atoms with Gasteiger partial charge in [0.1, 0.15) is 17.4 Å². The minimum Gasteiger partial charge on any atom is -0.508 e. The summed E-state index contributed by atoms with van der Waals surface area (Å²) in [7, 11) is 1.75. The van der Waals surface area contributed by atoms with Crippen LogP contribution in [0, 0.1) is 5.82 Å². The summed E-state index contributed by atoms with van der Waals surface area (Å²) in [5, 5.41) is 13.8. The van der Waals surface area contributed by atoms with Gasteiger partial charge in [-0.15, -0.1) is 0 Å². The summed E-state index contributed by atoms with van der Waals surface area (Å²) < 4.78 is 15.5. The standard InChI is InChI=1S/C16H13ClFN3O/c1-21-14(9-10-5-7-11(22)8-6-10)19-16(20-21)15-12(17)3-2-4-13(15)18/h2-8,22H,9H2,1H3. The van der Waals surface area contributed by atoms with Gasteiger partial charge in [0.05, 0.1) is 10.6 Å². The number of aromatic hydroxyl groups is 1. The van der Waals surface area contributed by atoms with Crippen LogP contribution in [-0.2, 0) is 13.5 Å². The maximum absolute atomic E-state index is 13.9. The van der Waals surface area contributed by atoms with Gasteiger partial charge in [-0.2, -0.15) is 5.10 Å². The summed E-state index contributed by atoms with van der Waals surface area (Å²) in [6, 6.07) is 11.3. The van der Waals surface area contributed by atoms with Crippen molar-refractivity contribution in [3.8, 4) is 17.1 Å². The van der Waals surface area contributed by atoms with Gasteiger partial charge in [-0.25, -0.2) is 9.37 Å². The monoisotopic (exact) mass is 317 g/mol. The summed E-state index contributed by atoms with van der Waals surface area (Å²) in [5.74, 6) is 0.703. The van der Waals surface area contributed by atoms with E-state index in [1.54, 1.807) is 48.1 Å². The zero-order valence-corrected chi connectivity index (χ0v) is 12.5. The average molecular weight is 318 g/mol. The maximum Gasteiger partial charge on any atom is 0.185 e. The van der Waals surface area contributed by atoms with E-state index in [0.29, 0.717) is 12.2 Å². The minimum absolute atomic E-state index is 0.205. The van der Waals surface area contributed by atoms with E-state index in [1.165, 1.54) is 6.07 Å². The molecule has 0 aliphatic rings. The molecule has 0 aliphatic carbocycles. The van der Waals surface area contributed by atoms with Crippen molar-refractivity contribution in [3.63, 3.8) is 0 Å². The van der Waals surface area contributed by atoms with E-state index >= 15 is 0 Å². The van der Waals surface area contributed by atoms with Gasteiger partial charge < -0.3 is 5.11 Å². The highest BCUT2D eigenvalue weighted by Gasteiger charge is 2.16. The Morgan fingerprint density at radius 2 is 1.91 bits per heavy atom. The lowest BCUT2D eigenvalue weighted by molar-refractivity contribution is 0.475. The van der Waals surface area contributed by atoms with Crippen molar-refractivity contribution in [2.45, 2.75) is 6.42 Å². The Hall–Kier alpha value is -2.40. The third-order valence-electron chi connectivity index (χ3n) is 3.34. The first-order valence-corrected chi connectivity index (χ1v) is 7.04. The van der Waals surface area contributed by atoms with Gasteiger partial charge in [0.15, 0.2) is 5.82 Å². The van der Waals surface area contributed by atoms with Gasteiger partial charge in [-0.1, -0.05) is 29.8 Å². The molecule has 0 fully saturated rings. The molecular formula is C16H13ClFN3O. The first-order valence-electron chi connectivity index (χ1n) is 6.67. The SMILES string of the molecule is Cn1nc(-c2c(F)cccc2Cl)nc1Cc1ccc(O)cc1. The predicted molar refractivity (Wildman–Crippen MR) is 82.3 cm³/mol. The second-order valence-electron chi connectivity index (χ2n) is 4.92. The van der Waals surface area contributed by atoms with Gasteiger partial charge in [-0.05, 0) is 29.8 Å². The van der Waals surface area contributed by atoms with Gasteiger partial charge in [0.25, 0.3) is 0 Å². The minimum atomic E-state index is -0.450. The molecule has 3 aromatic rings. The van der Waals surface area contributed by atoms with Crippen LogP contribution in [0.4, 0.5) is 4.39 Å². The fourth-order valence-electron chi connectivity index (χ4n) is 2.18. The second-order valence-corrected chi connectivity index (χ2v) is 5.32. The summed E-state index contributed by atoms with van der Waals surface area (Å²) in [6.07, 6.45) is 0.524. The predicted octanol–water partition coefficient (Wildman–Crippen LogP) is 3.57. The molecule has 0 saturated carbocycles. The van der Waals surface area contributed by atoms with Crippen molar-refractivity contribution < 1.29 is 9.50 Å². The molecular weight excluding hydrogens is 305 g/mol. The summed E-state index contributed by atoms with van der Waals surface area (Å²) >= 11 is 6.05. The number of benzene rings is 2. The molecule has 2 aromatic carbocycles. The van der Waals surface area contributed by atoms with Crippen LogP contribution < -0.4 is 0 Å². The van der Waals surface area contributed by atoms with Crippen molar-refractivity contribution in [2.75, 3.05) is 0 Å². The third-order valence-corrected chi connectivity index (χ3v) is 3.65. The summed E-state index contributed by atoms with van der Waals surface area (Å²) in [4.78, 5) is 4.38. The van der Waals surface area contributed by atoms with Crippen LogP contribution in [-0.4, -0.2) is 19.9 Å². The molecule has 0 radical (unpaired) electrons. The number of hydrogen-bond donors (Lipinski definition) is 1. The molecule has 1 N–H and O–H groups in total. The molecule has 1 aromatic heterocycles. The lowest BCUT2D eigenvalue weighted by Gasteiger charge is -2.01. The fraction of sp³-hybridized carbons (Fsp3) is 0.125. The van der Waals surface area contributed by atoms with E-state index in [9.17, 15) is 9.50 Å². The maximum atomic E-state index is 13.9. The number of halogens is 2. The van der Waals surface area contributed by atoms with Crippen LogP contribution in [0.25, 0.3) is 11.4 Å². The molecule has 6 heteroatoms. The van der Waals surface area contributed by atoms with Crippen LogP contribution in [0.2, 0.25) is 5.02 Å². The average Bonchev–Trinajstić information content (AvgIpc) is 2.82. The van der Waals surface area contributed by atoms with Crippen LogP contribution in [0.15, 0.2) is 42.5 Å². The van der Waals surface area contributed by atoms with Crippen LogP contribution in [0.1, 0.15) is 11.4 Å². The number of phenolic OH excluding ortho intramolecular Hbond substituents is 1. The second kappa shape index (κ2) is 5.77. The lowest BCUT2D eigenvalue weighted by Crippen LogP contribution is -2.00. The molecule has 3 rings (SSSR count). The van der Waals surface area contributed by atoms with Gasteiger partial charge in [0, 0.05) is 13.5 Å². The molecule has 22 heavy (non-hydrogen) atoms. The normalized spacial score (nSPS) is 10.9. The van der Waals surface area contributed by atoms with Crippen molar-refractivity contribution >= 4 is 11.6 Å². The Morgan fingerprint density at radius 3 is 2.59 bits per heavy atom. The van der Waals surface area contributed by atoms with Gasteiger partial charge in [0.2, 0.25) is 0 Å². The van der Waals surface area contributed by atoms with Crippen LogP contribution in [0.3, 0.4) is 0 Å². The van der Waals surface area contributed by atoms with Crippen molar-refractivity contribution in [1.29, 1.82) is 0 Å². The first-order chi connectivity index (χ1) is 10.5. The summed E-state index contributed by atoms with van der Waals surface area (Å²) in [5.41, 5.74) is 1.18. The van der Waals surface area contributed by atoms with Gasteiger partial charge >= 0.3 is 0 Å². The number of rotatable bonds is 3. The zero-order valence-electron chi connectivity index (χ0n) is 11.8. The Kier molecular flexibility index (Phi) is 3.81. The Balaban J connectivity index is 1.96. The molecule has 0 bridgehead atoms. The number of phenols is 1. The highest BCUT2D eigenvalue weighted by molar-refractivity contribution is 6.33. The highest BCUT2D eigenvalue weighted by Crippen LogP contribution is 2.28. The third kappa shape index (κ3) is 2.80. The zero-order chi connectivity index (χ0) is 15.7. The van der Waals surface area contributed by atoms with E-state index in [0.717, 1.165) is 5.56 Å². The summed E-state index contributed by atoms with van der Waals surface area (Å²) in [6.45, 7) is 0. The molecule has 4 nitrogen and oxygen atoms in total. The molecule has 1 heterocycles. The van der Waals surface area contributed by atoms with Crippen molar-refractivity contribution in [2.24, 2.45) is 7.05 Å². The lowest BCUT2D eigenvalue weighted by atomic mass is 10.1. The molecule has 0 atom stereocenters. The van der Waals surface area contributed by atoms with Crippen molar-refractivity contribution in [3.05, 3.63) is 64.7 Å². The number of nitrogens with zero attached hydrogens (tertiary/aromatic N) is 3. The largest absolute Gasteiger partial charge is 0.508 e. The first kappa shape index (κ1) is 14.5. The van der Waals surface area contributed by atoms with E-state index in [4.69, 9.17) is 11.6 Å². The highest BCUT2D eigenvalue weighted by atomic mass is 35.5. The molecule has 0 spiro atoms. The molecule has 0 amide bonds. The Labute approximate surface area is 131 Å². The number of aryl methyl sites for hydroxylation is 1. The Bertz CT molecular complexity index is 795. The topological polar surface area (TPSA) is 50.9 Å². The van der Waals surface area contributed by atoms with E-state index in [1.807, 2.05) is 0 Å². The van der Waals surface area contributed by atoms with Crippen LogP contribution >= 0.6 is 11.6 Å². The number of hydrogen-bond acceptors (Lipinski definition) is 3. The van der Waals surface area contributed by atoms with Crippen LogP contribution in [0.5, 0.6) is 5.75 Å².